The standard InChI is InChI=1S/C13H20N2OS2/c1-9-7-17-13(14-9)18-8-12(16)15-10(2)5-4-6-11(15)3/h7,10-11H,4-6,8H2,1-3H3/t10-,11-/m1/s1. The summed E-state index contributed by atoms with van der Waals surface area (Å²) in [7, 11) is 0. The Hall–Kier alpha value is -0.550. The Labute approximate surface area is 117 Å². The summed E-state index contributed by atoms with van der Waals surface area (Å²) in [5.41, 5.74) is 1.04. The largest absolute Gasteiger partial charge is 0.337 e. The van der Waals surface area contributed by atoms with E-state index >= 15 is 0 Å². The van der Waals surface area contributed by atoms with Gasteiger partial charge in [-0.1, -0.05) is 11.8 Å². The van der Waals surface area contributed by atoms with Crippen LogP contribution in [0, 0.1) is 6.92 Å². The van der Waals surface area contributed by atoms with Gasteiger partial charge in [-0.05, 0) is 40.0 Å². The molecular weight excluding hydrogens is 264 g/mol. The molecule has 0 radical (unpaired) electrons. The average molecular weight is 284 g/mol. The quantitative estimate of drug-likeness (QED) is 0.798. The molecule has 1 amide bonds. The molecule has 1 aliphatic heterocycles. The highest BCUT2D eigenvalue weighted by molar-refractivity contribution is 8.01. The van der Waals surface area contributed by atoms with Crippen LogP contribution in [0.5, 0.6) is 0 Å². The minimum absolute atomic E-state index is 0.257. The number of hydrogen-bond donors (Lipinski definition) is 0. The van der Waals surface area contributed by atoms with Crippen molar-refractivity contribution in [3.8, 4) is 0 Å². The molecule has 0 spiro atoms. The zero-order valence-electron chi connectivity index (χ0n) is 11.2. The summed E-state index contributed by atoms with van der Waals surface area (Å²) in [6.07, 6.45) is 3.51. The third-order valence-electron chi connectivity index (χ3n) is 3.40. The lowest BCUT2D eigenvalue weighted by molar-refractivity contribution is -0.134. The highest BCUT2D eigenvalue weighted by Crippen LogP contribution is 2.26. The van der Waals surface area contributed by atoms with Crippen LogP contribution < -0.4 is 0 Å². The number of nitrogens with zero attached hydrogens (tertiary/aromatic N) is 2. The second-order valence-corrected chi connectivity index (χ2v) is 7.05. The molecule has 0 unspecified atom stereocenters. The first-order valence-electron chi connectivity index (χ1n) is 6.44. The van der Waals surface area contributed by atoms with Crippen molar-refractivity contribution in [1.82, 2.24) is 9.88 Å². The molecule has 1 aliphatic rings. The molecule has 0 aliphatic carbocycles. The number of aryl methyl sites for hydroxylation is 1. The van der Waals surface area contributed by atoms with Gasteiger partial charge >= 0.3 is 0 Å². The highest BCUT2D eigenvalue weighted by Gasteiger charge is 2.28. The molecule has 2 atom stereocenters. The van der Waals surface area contributed by atoms with E-state index in [9.17, 15) is 4.79 Å². The molecular formula is C13H20N2OS2. The van der Waals surface area contributed by atoms with E-state index in [1.807, 2.05) is 12.3 Å². The SMILES string of the molecule is Cc1csc(SCC(=O)N2[C@H](C)CCC[C@H]2C)n1. The lowest BCUT2D eigenvalue weighted by Crippen LogP contribution is -2.48. The van der Waals surface area contributed by atoms with Crippen LogP contribution in [0.4, 0.5) is 0 Å². The number of piperidine rings is 1. The topological polar surface area (TPSA) is 33.2 Å². The van der Waals surface area contributed by atoms with Crippen molar-refractivity contribution in [1.29, 1.82) is 0 Å². The summed E-state index contributed by atoms with van der Waals surface area (Å²) in [5.74, 6) is 0.773. The Balaban J connectivity index is 1.90. The Morgan fingerprint density at radius 2 is 2.17 bits per heavy atom. The van der Waals surface area contributed by atoms with Crippen LogP contribution in [0.15, 0.2) is 9.72 Å². The molecule has 100 valence electrons. The molecule has 2 rings (SSSR count). The van der Waals surface area contributed by atoms with Crippen LogP contribution in [0.1, 0.15) is 38.8 Å². The lowest BCUT2D eigenvalue weighted by atomic mass is 9.98. The van der Waals surface area contributed by atoms with E-state index in [4.69, 9.17) is 0 Å². The molecule has 2 heterocycles. The van der Waals surface area contributed by atoms with Crippen molar-refractivity contribution in [3.05, 3.63) is 11.1 Å². The molecule has 0 N–H and O–H groups in total. The van der Waals surface area contributed by atoms with Crippen LogP contribution >= 0.6 is 23.1 Å². The maximum Gasteiger partial charge on any atom is 0.233 e. The molecule has 18 heavy (non-hydrogen) atoms. The maximum atomic E-state index is 12.3. The Morgan fingerprint density at radius 3 is 2.72 bits per heavy atom. The third kappa shape index (κ3) is 3.26. The van der Waals surface area contributed by atoms with E-state index in [2.05, 4.69) is 23.7 Å². The second-order valence-electron chi connectivity index (χ2n) is 4.97. The van der Waals surface area contributed by atoms with Gasteiger partial charge in [-0.25, -0.2) is 4.98 Å². The molecule has 0 bridgehead atoms. The third-order valence-corrected chi connectivity index (χ3v) is 5.52. The van der Waals surface area contributed by atoms with Crippen LogP contribution in [-0.4, -0.2) is 33.6 Å². The first-order valence-corrected chi connectivity index (χ1v) is 8.30. The maximum absolute atomic E-state index is 12.3. The fourth-order valence-electron chi connectivity index (χ4n) is 2.51. The van der Waals surface area contributed by atoms with Crippen LogP contribution in [0.25, 0.3) is 0 Å². The lowest BCUT2D eigenvalue weighted by Gasteiger charge is -2.39. The van der Waals surface area contributed by atoms with Crippen LogP contribution in [0.2, 0.25) is 0 Å². The summed E-state index contributed by atoms with van der Waals surface area (Å²) < 4.78 is 0.998. The van der Waals surface area contributed by atoms with Gasteiger partial charge in [0, 0.05) is 23.2 Å². The number of hydrogen-bond acceptors (Lipinski definition) is 4. The van der Waals surface area contributed by atoms with Crippen molar-refractivity contribution in [2.24, 2.45) is 0 Å². The molecule has 0 aromatic carbocycles. The Kier molecular flexibility index (Phi) is 4.67. The normalized spacial score (nSPS) is 24.3. The minimum Gasteiger partial charge on any atom is -0.337 e. The summed E-state index contributed by atoms with van der Waals surface area (Å²) in [6.45, 7) is 6.30. The monoisotopic (exact) mass is 284 g/mol. The van der Waals surface area contributed by atoms with Gasteiger partial charge in [0.05, 0.1) is 5.75 Å². The fourth-order valence-corrected chi connectivity index (χ4v) is 4.23. The fraction of sp³-hybridized carbons (Fsp3) is 0.692. The smallest absolute Gasteiger partial charge is 0.233 e. The van der Waals surface area contributed by atoms with E-state index in [1.165, 1.54) is 6.42 Å². The van der Waals surface area contributed by atoms with Gasteiger partial charge in [0.15, 0.2) is 4.34 Å². The summed E-state index contributed by atoms with van der Waals surface area (Å²) in [4.78, 5) is 18.7. The second kappa shape index (κ2) is 6.06. The zero-order chi connectivity index (χ0) is 13.1. The average Bonchev–Trinajstić information content (AvgIpc) is 2.72. The van der Waals surface area contributed by atoms with Gasteiger partial charge in [-0.15, -0.1) is 11.3 Å². The van der Waals surface area contributed by atoms with Gasteiger partial charge < -0.3 is 4.90 Å². The summed E-state index contributed by atoms with van der Waals surface area (Å²) in [5, 5.41) is 2.03. The predicted octanol–water partition coefficient (Wildman–Crippen LogP) is 3.33. The number of carbonyl (C=O) groups excluding carboxylic acids is 1. The van der Waals surface area contributed by atoms with Crippen molar-refractivity contribution in [2.45, 2.75) is 56.5 Å². The van der Waals surface area contributed by atoms with E-state index in [0.29, 0.717) is 17.8 Å². The van der Waals surface area contributed by atoms with Gasteiger partial charge in [-0.3, -0.25) is 4.79 Å². The molecule has 1 fully saturated rings. The number of thioether (sulfide) groups is 1. The number of aromatic nitrogens is 1. The number of likely N-dealkylation sites (tertiary alicyclic amines) is 1. The molecule has 1 aromatic heterocycles. The Bertz CT molecular complexity index is 409. The Morgan fingerprint density at radius 1 is 1.50 bits per heavy atom. The van der Waals surface area contributed by atoms with Gasteiger partial charge in [0.1, 0.15) is 0 Å². The van der Waals surface area contributed by atoms with Crippen molar-refractivity contribution in [3.63, 3.8) is 0 Å². The van der Waals surface area contributed by atoms with E-state index in [1.54, 1.807) is 23.1 Å². The highest BCUT2D eigenvalue weighted by atomic mass is 32.2. The molecule has 0 saturated carbocycles. The van der Waals surface area contributed by atoms with Crippen molar-refractivity contribution < 1.29 is 4.79 Å². The van der Waals surface area contributed by atoms with E-state index in [-0.39, 0.29) is 5.91 Å². The summed E-state index contributed by atoms with van der Waals surface area (Å²) >= 11 is 3.18. The summed E-state index contributed by atoms with van der Waals surface area (Å²) in [6, 6.07) is 0.778. The van der Waals surface area contributed by atoms with E-state index in [0.717, 1.165) is 22.9 Å². The van der Waals surface area contributed by atoms with Gasteiger partial charge in [0.25, 0.3) is 0 Å². The number of amides is 1. The first-order chi connectivity index (χ1) is 8.58. The molecule has 5 heteroatoms. The zero-order valence-corrected chi connectivity index (χ0v) is 12.8. The van der Waals surface area contributed by atoms with Gasteiger partial charge in [0.2, 0.25) is 5.91 Å². The predicted molar refractivity (Wildman–Crippen MR) is 77.2 cm³/mol. The van der Waals surface area contributed by atoms with Crippen LogP contribution in [0.3, 0.4) is 0 Å². The minimum atomic E-state index is 0.257. The first kappa shape index (κ1) is 13.9. The number of carbonyl (C=O) groups is 1. The molecule has 1 aromatic rings. The van der Waals surface area contributed by atoms with E-state index < -0.39 is 0 Å². The number of thiazole rings is 1. The molecule has 3 nitrogen and oxygen atoms in total. The van der Waals surface area contributed by atoms with Crippen molar-refractivity contribution in [2.75, 3.05) is 5.75 Å². The number of rotatable bonds is 3. The van der Waals surface area contributed by atoms with Gasteiger partial charge in [-0.2, -0.15) is 0 Å². The van der Waals surface area contributed by atoms with Crippen molar-refractivity contribution >= 4 is 29.0 Å². The molecule has 1 saturated heterocycles. The van der Waals surface area contributed by atoms with Crippen LogP contribution in [-0.2, 0) is 4.79 Å².